The zero-order chi connectivity index (χ0) is 22.6. The number of carbonyl (C=O) groups excluding carboxylic acids is 1. The number of carbonyl (C=O) groups is 1. The van der Waals surface area contributed by atoms with E-state index >= 15 is 0 Å². The van der Waals surface area contributed by atoms with E-state index in [2.05, 4.69) is 10.3 Å². The van der Waals surface area contributed by atoms with Crippen LogP contribution in [0.4, 0.5) is 5.69 Å². The fourth-order valence-electron chi connectivity index (χ4n) is 3.15. The average molecular weight is 474 g/mol. The number of pyridine rings is 1. The minimum atomic E-state index is -3.98. The second-order valence-corrected chi connectivity index (χ2v) is 9.37. The molecule has 32 heavy (non-hydrogen) atoms. The minimum Gasteiger partial charge on any atom is -0.486 e. The number of ether oxygens (including phenoxy) is 2. The number of fused-ring (bicyclic) bond motifs is 1. The predicted octanol–water partition coefficient (Wildman–Crippen LogP) is 3.34. The first-order valence-electron chi connectivity index (χ1n) is 9.76. The summed E-state index contributed by atoms with van der Waals surface area (Å²) < 4.78 is 38.6. The number of aromatic nitrogens is 1. The molecule has 8 nitrogen and oxygen atoms in total. The van der Waals surface area contributed by atoms with Gasteiger partial charge in [-0.15, -0.1) is 0 Å². The Morgan fingerprint density at radius 2 is 1.81 bits per heavy atom. The Balaban J connectivity index is 1.55. The molecule has 166 valence electrons. The Morgan fingerprint density at radius 1 is 1.06 bits per heavy atom. The van der Waals surface area contributed by atoms with Gasteiger partial charge in [-0.25, -0.2) is 8.42 Å². The molecule has 0 aliphatic carbocycles. The molecule has 1 aromatic heterocycles. The standard InChI is InChI=1S/C22H20ClN3O5S/c23-17-5-3-16(4-6-17)14-26(32(28,29)19-2-1-9-24-13-19)15-22(27)25-18-7-8-20-21(12-18)31-11-10-30-20/h1-9,12-13H,10-11,14-15H2,(H,25,27). The number of nitrogens with zero attached hydrogens (tertiary/aromatic N) is 2. The van der Waals surface area contributed by atoms with Crippen molar-refractivity contribution in [1.82, 2.24) is 9.29 Å². The molecule has 1 N–H and O–H groups in total. The molecule has 0 atom stereocenters. The zero-order valence-electron chi connectivity index (χ0n) is 16.9. The summed E-state index contributed by atoms with van der Waals surface area (Å²) in [5.41, 5.74) is 1.17. The highest BCUT2D eigenvalue weighted by Gasteiger charge is 2.27. The molecule has 0 saturated heterocycles. The minimum absolute atomic E-state index is 0.00101. The Hall–Kier alpha value is -3.14. The van der Waals surface area contributed by atoms with Gasteiger partial charge in [0.05, 0.1) is 6.54 Å². The smallest absolute Gasteiger partial charge is 0.245 e. The summed E-state index contributed by atoms with van der Waals surface area (Å²) in [6.07, 6.45) is 2.74. The van der Waals surface area contributed by atoms with Crippen LogP contribution in [0.15, 0.2) is 71.9 Å². The molecule has 1 aliphatic rings. The molecule has 1 aliphatic heterocycles. The molecule has 0 spiro atoms. The molecule has 0 radical (unpaired) electrons. The van der Waals surface area contributed by atoms with Crippen LogP contribution in [0.25, 0.3) is 0 Å². The normalized spacial score (nSPS) is 13.1. The lowest BCUT2D eigenvalue weighted by Gasteiger charge is -2.22. The third-order valence-corrected chi connectivity index (χ3v) is 6.72. The second kappa shape index (κ2) is 9.56. The van der Waals surface area contributed by atoms with E-state index in [4.69, 9.17) is 21.1 Å². The monoisotopic (exact) mass is 473 g/mol. The summed E-state index contributed by atoms with van der Waals surface area (Å²) in [4.78, 5) is 16.7. The number of sulfonamides is 1. The van der Waals surface area contributed by atoms with Crippen molar-refractivity contribution in [2.45, 2.75) is 11.4 Å². The van der Waals surface area contributed by atoms with Crippen molar-refractivity contribution in [3.8, 4) is 11.5 Å². The van der Waals surface area contributed by atoms with Crippen LogP contribution in [0.5, 0.6) is 11.5 Å². The molecule has 0 fully saturated rings. The fraction of sp³-hybridized carbons (Fsp3) is 0.182. The molecule has 2 aromatic carbocycles. The van der Waals surface area contributed by atoms with Gasteiger partial charge in [-0.2, -0.15) is 4.31 Å². The van der Waals surface area contributed by atoms with Gasteiger partial charge in [0.2, 0.25) is 15.9 Å². The lowest BCUT2D eigenvalue weighted by molar-refractivity contribution is -0.116. The van der Waals surface area contributed by atoms with Crippen LogP contribution in [0.3, 0.4) is 0 Å². The highest BCUT2D eigenvalue weighted by atomic mass is 35.5. The van der Waals surface area contributed by atoms with E-state index < -0.39 is 22.5 Å². The van der Waals surface area contributed by atoms with E-state index in [1.165, 1.54) is 24.5 Å². The number of amides is 1. The number of anilines is 1. The number of benzene rings is 2. The van der Waals surface area contributed by atoms with Crippen molar-refractivity contribution in [3.63, 3.8) is 0 Å². The summed E-state index contributed by atoms with van der Waals surface area (Å²) >= 11 is 5.94. The van der Waals surface area contributed by atoms with E-state index in [1.807, 2.05) is 0 Å². The number of hydrogen-bond acceptors (Lipinski definition) is 6. The average Bonchev–Trinajstić information content (AvgIpc) is 2.80. The number of nitrogens with one attached hydrogen (secondary N) is 1. The van der Waals surface area contributed by atoms with Gasteiger partial charge >= 0.3 is 0 Å². The molecule has 4 rings (SSSR count). The van der Waals surface area contributed by atoms with Crippen LogP contribution in [-0.2, 0) is 21.4 Å². The van der Waals surface area contributed by atoms with Gasteiger partial charge in [0.25, 0.3) is 0 Å². The van der Waals surface area contributed by atoms with Crippen molar-refractivity contribution in [1.29, 1.82) is 0 Å². The Labute approximate surface area is 190 Å². The summed E-state index contributed by atoms with van der Waals surface area (Å²) in [5, 5.41) is 3.26. The van der Waals surface area contributed by atoms with Gasteiger partial charge in [-0.3, -0.25) is 9.78 Å². The molecular formula is C22H20ClN3O5S. The lowest BCUT2D eigenvalue weighted by atomic mass is 10.2. The summed E-state index contributed by atoms with van der Waals surface area (Å²) in [5.74, 6) is 0.621. The number of halogens is 1. The van der Waals surface area contributed by atoms with Crippen LogP contribution >= 0.6 is 11.6 Å². The summed E-state index contributed by atoms with van der Waals surface area (Å²) in [6, 6.07) is 14.7. The third-order valence-electron chi connectivity index (χ3n) is 4.69. The van der Waals surface area contributed by atoms with Gasteiger partial charge in [-0.05, 0) is 42.0 Å². The second-order valence-electron chi connectivity index (χ2n) is 6.99. The quantitative estimate of drug-likeness (QED) is 0.565. The van der Waals surface area contributed by atoms with Crippen molar-refractivity contribution in [2.75, 3.05) is 25.1 Å². The third kappa shape index (κ3) is 5.18. The van der Waals surface area contributed by atoms with Crippen molar-refractivity contribution < 1.29 is 22.7 Å². The van der Waals surface area contributed by atoms with Gasteiger partial charge < -0.3 is 14.8 Å². The predicted molar refractivity (Wildman–Crippen MR) is 119 cm³/mol. The highest BCUT2D eigenvalue weighted by Crippen LogP contribution is 2.32. The van der Waals surface area contributed by atoms with E-state index in [0.29, 0.717) is 41.0 Å². The summed E-state index contributed by atoms with van der Waals surface area (Å²) in [6.45, 7) is 0.477. The van der Waals surface area contributed by atoms with Crippen molar-refractivity contribution in [3.05, 3.63) is 77.6 Å². The molecule has 0 saturated carbocycles. The molecule has 10 heteroatoms. The maximum Gasteiger partial charge on any atom is 0.245 e. The number of hydrogen-bond donors (Lipinski definition) is 1. The van der Waals surface area contributed by atoms with E-state index in [-0.39, 0.29) is 11.4 Å². The van der Waals surface area contributed by atoms with Gasteiger partial charge in [0.1, 0.15) is 18.1 Å². The van der Waals surface area contributed by atoms with Gasteiger partial charge in [0, 0.05) is 35.7 Å². The molecule has 2 heterocycles. The van der Waals surface area contributed by atoms with Gasteiger partial charge in [0.15, 0.2) is 11.5 Å². The van der Waals surface area contributed by atoms with Crippen molar-refractivity contribution in [2.24, 2.45) is 0 Å². The highest BCUT2D eigenvalue weighted by molar-refractivity contribution is 7.89. The Kier molecular flexibility index (Phi) is 6.59. The first-order valence-corrected chi connectivity index (χ1v) is 11.6. The topological polar surface area (TPSA) is 97.8 Å². The molecule has 1 amide bonds. The largest absolute Gasteiger partial charge is 0.486 e. The van der Waals surface area contributed by atoms with E-state index in [0.717, 1.165) is 4.31 Å². The Morgan fingerprint density at radius 3 is 2.53 bits per heavy atom. The van der Waals surface area contributed by atoms with E-state index in [9.17, 15) is 13.2 Å². The van der Waals surface area contributed by atoms with Crippen molar-refractivity contribution >= 4 is 33.2 Å². The lowest BCUT2D eigenvalue weighted by Crippen LogP contribution is -2.37. The van der Waals surface area contributed by atoms with E-state index in [1.54, 1.807) is 42.5 Å². The first-order chi connectivity index (χ1) is 15.4. The van der Waals surface area contributed by atoms with Crippen LogP contribution in [0.2, 0.25) is 5.02 Å². The van der Waals surface area contributed by atoms with Crippen LogP contribution in [0, 0.1) is 0 Å². The number of rotatable bonds is 7. The molecular weight excluding hydrogens is 454 g/mol. The summed E-state index contributed by atoms with van der Waals surface area (Å²) in [7, 11) is -3.98. The zero-order valence-corrected chi connectivity index (χ0v) is 18.5. The first kappa shape index (κ1) is 22.1. The SMILES string of the molecule is O=C(CN(Cc1ccc(Cl)cc1)S(=O)(=O)c1cccnc1)Nc1ccc2c(c1)OCCO2. The Bertz CT molecular complexity index is 1200. The molecule has 0 bridgehead atoms. The maximum absolute atomic E-state index is 13.2. The van der Waals surface area contributed by atoms with Crippen LogP contribution in [-0.4, -0.2) is 43.4 Å². The van der Waals surface area contributed by atoms with Gasteiger partial charge in [-0.1, -0.05) is 23.7 Å². The molecule has 0 unspecified atom stereocenters. The van der Waals surface area contributed by atoms with Crippen LogP contribution in [0.1, 0.15) is 5.56 Å². The fourth-order valence-corrected chi connectivity index (χ4v) is 4.62. The van der Waals surface area contributed by atoms with Crippen LogP contribution < -0.4 is 14.8 Å². The molecule has 3 aromatic rings. The maximum atomic E-state index is 13.2.